The lowest BCUT2D eigenvalue weighted by molar-refractivity contribution is -0.150. The first kappa shape index (κ1) is 32.0. The van der Waals surface area contributed by atoms with Crippen molar-refractivity contribution in [3.63, 3.8) is 0 Å². The summed E-state index contributed by atoms with van der Waals surface area (Å²) in [5.74, 6) is -2.65. The SMILES string of the molecule is CC[C@H](C)[C@H](CO)N1C(=O)[C@@H]2[C@H](C(=O)NCc3ccccc3)[C@@]3(C)OC2(CC3C)C1C(=O)Nc1ccc(N(CC)CC)cc1. The fraction of sp³-hybridized carbons (Fsp3) is 0.571. The van der Waals surface area contributed by atoms with Crippen molar-refractivity contribution in [3.05, 3.63) is 60.2 Å². The van der Waals surface area contributed by atoms with Crippen molar-refractivity contribution in [3.8, 4) is 0 Å². The van der Waals surface area contributed by atoms with E-state index in [2.05, 4.69) is 29.4 Å². The van der Waals surface area contributed by atoms with Gasteiger partial charge in [-0.1, -0.05) is 57.5 Å². The molecule has 3 unspecified atom stereocenters. The average molecular weight is 605 g/mol. The number of nitrogens with zero attached hydrogens (tertiary/aromatic N) is 2. The van der Waals surface area contributed by atoms with Crippen LogP contribution in [0.15, 0.2) is 54.6 Å². The van der Waals surface area contributed by atoms with Gasteiger partial charge in [0, 0.05) is 31.0 Å². The number of aliphatic hydroxyl groups is 1. The third-order valence-electron chi connectivity index (χ3n) is 10.7. The fourth-order valence-electron chi connectivity index (χ4n) is 8.00. The molecule has 3 aliphatic heterocycles. The lowest BCUT2D eigenvalue weighted by atomic mass is 9.62. The molecule has 3 fully saturated rings. The van der Waals surface area contributed by atoms with Crippen LogP contribution in [0.2, 0.25) is 0 Å². The van der Waals surface area contributed by atoms with Gasteiger partial charge < -0.3 is 30.3 Å². The maximum absolute atomic E-state index is 14.6. The van der Waals surface area contributed by atoms with E-state index in [-0.39, 0.29) is 36.2 Å². The number of carbonyl (C=O) groups excluding carboxylic acids is 3. The Kier molecular flexibility index (Phi) is 9.10. The van der Waals surface area contributed by atoms with E-state index in [0.29, 0.717) is 25.1 Å². The lowest BCUT2D eigenvalue weighted by Crippen LogP contribution is -2.57. The van der Waals surface area contributed by atoms with Crippen molar-refractivity contribution in [1.82, 2.24) is 10.2 Å². The minimum atomic E-state index is -1.19. The van der Waals surface area contributed by atoms with E-state index < -0.39 is 35.1 Å². The highest BCUT2D eigenvalue weighted by atomic mass is 16.5. The molecule has 1 spiro atoms. The van der Waals surface area contributed by atoms with E-state index in [1.54, 1.807) is 4.90 Å². The van der Waals surface area contributed by atoms with E-state index in [0.717, 1.165) is 24.3 Å². The summed E-state index contributed by atoms with van der Waals surface area (Å²) in [4.78, 5) is 46.7. The lowest BCUT2D eigenvalue weighted by Gasteiger charge is -2.39. The van der Waals surface area contributed by atoms with Crippen molar-refractivity contribution >= 4 is 29.1 Å². The number of likely N-dealkylation sites (tertiary alicyclic amines) is 1. The zero-order chi connectivity index (χ0) is 31.8. The van der Waals surface area contributed by atoms with Crippen LogP contribution in [-0.2, 0) is 25.7 Å². The Bertz CT molecular complexity index is 1350. The minimum absolute atomic E-state index is 0.0706. The van der Waals surface area contributed by atoms with E-state index in [9.17, 15) is 19.5 Å². The summed E-state index contributed by atoms with van der Waals surface area (Å²) in [5.41, 5.74) is 0.532. The second-order valence-electron chi connectivity index (χ2n) is 13.0. The summed E-state index contributed by atoms with van der Waals surface area (Å²) in [6.45, 7) is 13.9. The molecule has 2 bridgehead atoms. The van der Waals surface area contributed by atoms with Gasteiger partial charge in [0.25, 0.3) is 0 Å². The van der Waals surface area contributed by atoms with Crippen LogP contribution < -0.4 is 15.5 Å². The number of amides is 3. The summed E-state index contributed by atoms with van der Waals surface area (Å²) in [5, 5.41) is 16.7. The van der Waals surface area contributed by atoms with Gasteiger partial charge >= 0.3 is 0 Å². The third kappa shape index (κ3) is 5.17. The second kappa shape index (κ2) is 12.5. The summed E-state index contributed by atoms with van der Waals surface area (Å²) in [6.07, 6.45) is 1.18. The number of hydrogen-bond donors (Lipinski definition) is 3. The quantitative estimate of drug-likeness (QED) is 0.335. The first-order valence-electron chi connectivity index (χ1n) is 16.2. The van der Waals surface area contributed by atoms with E-state index in [1.165, 1.54) is 0 Å². The van der Waals surface area contributed by atoms with E-state index in [4.69, 9.17) is 4.74 Å². The smallest absolute Gasteiger partial charge is 0.250 e. The zero-order valence-electron chi connectivity index (χ0n) is 26.9. The predicted molar refractivity (Wildman–Crippen MR) is 171 cm³/mol. The molecule has 3 amide bonds. The van der Waals surface area contributed by atoms with Crippen LogP contribution in [0, 0.1) is 23.7 Å². The Morgan fingerprint density at radius 2 is 1.73 bits per heavy atom. The molecule has 0 saturated carbocycles. The number of benzene rings is 2. The molecule has 8 atom stereocenters. The molecule has 0 radical (unpaired) electrons. The van der Waals surface area contributed by atoms with Gasteiger partial charge in [-0.15, -0.1) is 0 Å². The number of aliphatic hydroxyl groups excluding tert-OH is 1. The van der Waals surface area contributed by atoms with Crippen LogP contribution in [0.3, 0.4) is 0 Å². The van der Waals surface area contributed by atoms with Crippen molar-refractivity contribution in [2.75, 3.05) is 29.9 Å². The molecule has 3 aliphatic rings. The second-order valence-corrected chi connectivity index (χ2v) is 13.0. The zero-order valence-corrected chi connectivity index (χ0v) is 26.9. The molecule has 9 heteroatoms. The first-order chi connectivity index (χ1) is 21.1. The number of rotatable bonds is 12. The van der Waals surface area contributed by atoms with Crippen LogP contribution >= 0.6 is 0 Å². The fourth-order valence-corrected chi connectivity index (χ4v) is 8.00. The van der Waals surface area contributed by atoms with Gasteiger partial charge in [0.1, 0.15) is 11.6 Å². The van der Waals surface area contributed by atoms with Gasteiger partial charge in [0.2, 0.25) is 17.7 Å². The number of fused-ring (bicyclic) bond motifs is 1. The predicted octanol–water partition coefficient (Wildman–Crippen LogP) is 4.21. The van der Waals surface area contributed by atoms with Gasteiger partial charge in [-0.25, -0.2) is 0 Å². The molecule has 0 aromatic heterocycles. The summed E-state index contributed by atoms with van der Waals surface area (Å²) < 4.78 is 6.86. The van der Waals surface area contributed by atoms with Crippen LogP contribution in [0.25, 0.3) is 0 Å². The van der Waals surface area contributed by atoms with Crippen molar-refractivity contribution in [1.29, 1.82) is 0 Å². The summed E-state index contributed by atoms with van der Waals surface area (Å²) >= 11 is 0. The van der Waals surface area contributed by atoms with Crippen LogP contribution in [-0.4, -0.2) is 70.7 Å². The average Bonchev–Trinajstić information content (AvgIpc) is 3.54. The maximum Gasteiger partial charge on any atom is 0.250 e. The molecule has 44 heavy (non-hydrogen) atoms. The van der Waals surface area contributed by atoms with Gasteiger partial charge in [0.05, 0.1) is 30.1 Å². The first-order valence-corrected chi connectivity index (χ1v) is 16.2. The van der Waals surface area contributed by atoms with Crippen molar-refractivity contribution in [2.24, 2.45) is 23.7 Å². The maximum atomic E-state index is 14.6. The molecule has 3 N–H and O–H groups in total. The molecule has 9 nitrogen and oxygen atoms in total. The van der Waals surface area contributed by atoms with Gasteiger partial charge in [0.15, 0.2) is 0 Å². The molecule has 5 rings (SSSR count). The van der Waals surface area contributed by atoms with Crippen molar-refractivity contribution in [2.45, 2.75) is 84.2 Å². The van der Waals surface area contributed by atoms with Gasteiger partial charge in [-0.2, -0.15) is 0 Å². The number of hydrogen-bond acceptors (Lipinski definition) is 6. The van der Waals surface area contributed by atoms with Crippen LogP contribution in [0.1, 0.15) is 59.9 Å². The monoisotopic (exact) mass is 604 g/mol. The highest BCUT2D eigenvalue weighted by Gasteiger charge is 2.80. The standard InChI is InChI=1S/C35H48N4O5/c1-7-22(4)27(21-40)39-30(32(42)37-25-15-17-26(18-16-25)38(8-2)9-3)35-19-23(5)34(6,44-35)28(29(35)33(39)43)31(41)36-20-24-13-11-10-12-14-24/h10-18,22-23,27-30,40H,7-9,19-21H2,1-6H3,(H,36,41)(H,37,42)/t22-,23?,27-,28+,29-,30?,34-,35?/m0/s1. The Balaban J connectivity index is 1.50. The van der Waals surface area contributed by atoms with Crippen molar-refractivity contribution < 1.29 is 24.2 Å². The molecular formula is C35H48N4O5. The Hall–Kier alpha value is -3.43. The largest absolute Gasteiger partial charge is 0.394 e. The van der Waals surface area contributed by atoms with Gasteiger partial charge in [-0.3, -0.25) is 14.4 Å². The molecule has 3 heterocycles. The Morgan fingerprint density at radius 1 is 1.07 bits per heavy atom. The Morgan fingerprint density at radius 3 is 2.32 bits per heavy atom. The van der Waals surface area contributed by atoms with Crippen LogP contribution in [0.5, 0.6) is 0 Å². The van der Waals surface area contributed by atoms with E-state index in [1.807, 2.05) is 82.3 Å². The summed E-state index contributed by atoms with van der Waals surface area (Å²) in [6, 6.07) is 15.8. The molecule has 0 aliphatic carbocycles. The van der Waals surface area contributed by atoms with E-state index >= 15 is 0 Å². The molecule has 238 valence electrons. The summed E-state index contributed by atoms with van der Waals surface area (Å²) in [7, 11) is 0. The van der Waals surface area contributed by atoms with Crippen LogP contribution in [0.4, 0.5) is 11.4 Å². The van der Waals surface area contributed by atoms with Gasteiger partial charge in [-0.05, 0) is 68.9 Å². The highest BCUT2D eigenvalue weighted by Crippen LogP contribution is 2.65. The number of nitrogens with one attached hydrogen (secondary N) is 2. The molecule has 3 saturated heterocycles. The topological polar surface area (TPSA) is 111 Å². The molecule has 2 aromatic rings. The highest BCUT2D eigenvalue weighted by molar-refractivity contribution is 6.04. The number of anilines is 2. The minimum Gasteiger partial charge on any atom is -0.394 e. The number of ether oxygens (including phenoxy) is 1. The Labute approximate surface area is 261 Å². The normalized spacial score (nSPS) is 30.2. The number of carbonyl (C=O) groups is 3. The molecule has 2 aromatic carbocycles. The molecular weight excluding hydrogens is 556 g/mol. The third-order valence-corrected chi connectivity index (χ3v) is 10.7.